The molecule has 0 spiro atoms. The molecule has 0 fully saturated rings. The van der Waals surface area contributed by atoms with Gasteiger partial charge in [0.25, 0.3) is 0 Å². The Bertz CT molecular complexity index is 460. The van der Waals surface area contributed by atoms with Gasteiger partial charge in [-0.3, -0.25) is 4.79 Å². The fourth-order valence-corrected chi connectivity index (χ4v) is 2.87. The van der Waals surface area contributed by atoms with Gasteiger partial charge in [0.1, 0.15) is 11.5 Å². The Labute approximate surface area is 136 Å². The highest BCUT2D eigenvalue weighted by atomic mass is 79.9. The normalized spacial score (nSPS) is 12.5. The van der Waals surface area contributed by atoms with Gasteiger partial charge in [-0.25, -0.2) is 0 Å². The molecule has 1 atom stereocenters. The summed E-state index contributed by atoms with van der Waals surface area (Å²) in [5, 5.41) is 0. The van der Waals surface area contributed by atoms with Gasteiger partial charge in [-0.1, -0.05) is 29.8 Å². The summed E-state index contributed by atoms with van der Waals surface area (Å²) in [6, 6.07) is 5.72. The third-order valence-electron chi connectivity index (χ3n) is 3.91. The van der Waals surface area contributed by atoms with Crippen LogP contribution in [0.5, 0.6) is 5.75 Å². The van der Waals surface area contributed by atoms with Crippen LogP contribution in [-0.2, 0) is 11.2 Å². The fraction of sp³-hybridized carbons (Fsp3) is 0.588. The minimum Gasteiger partial charge on any atom is -0.497 e. The number of ether oxygens (including phenoxy) is 1. The molecule has 1 unspecified atom stereocenters. The smallest absolute Gasteiger partial charge is 0.137 e. The average molecular weight is 356 g/mol. The Morgan fingerprint density at radius 1 is 1.33 bits per heavy atom. The molecule has 0 aromatic heterocycles. The molecule has 0 heterocycles. The van der Waals surface area contributed by atoms with Crippen LogP contribution in [0.4, 0.5) is 0 Å². The van der Waals surface area contributed by atoms with Gasteiger partial charge >= 0.3 is 0 Å². The summed E-state index contributed by atoms with van der Waals surface area (Å²) >= 11 is 3.49. The summed E-state index contributed by atoms with van der Waals surface area (Å²) in [4.78, 5) is 12.2. The molecule has 118 valence electrons. The molecule has 0 radical (unpaired) electrons. The van der Waals surface area contributed by atoms with E-state index in [4.69, 9.17) is 10.5 Å². The molecule has 3 nitrogen and oxygen atoms in total. The van der Waals surface area contributed by atoms with E-state index in [-0.39, 0.29) is 5.78 Å². The highest BCUT2D eigenvalue weighted by molar-refractivity contribution is 9.10. The quantitative estimate of drug-likeness (QED) is 0.728. The fourth-order valence-electron chi connectivity index (χ4n) is 2.49. The van der Waals surface area contributed by atoms with Gasteiger partial charge in [0.05, 0.1) is 7.11 Å². The maximum atomic E-state index is 12.2. The number of halogens is 1. The molecule has 0 saturated heterocycles. The zero-order chi connectivity index (χ0) is 15.8. The molecule has 21 heavy (non-hydrogen) atoms. The lowest BCUT2D eigenvalue weighted by molar-refractivity contribution is -0.118. The first-order valence-corrected chi connectivity index (χ1v) is 8.31. The van der Waals surface area contributed by atoms with Crippen LogP contribution in [0.25, 0.3) is 0 Å². The van der Waals surface area contributed by atoms with E-state index in [1.807, 2.05) is 18.2 Å². The second-order valence-electron chi connectivity index (χ2n) is 5.79. The second-order valence-corrected chi connectivity index (χ2v) is 6.65. The topological polar surface area (TPSA) is 52.3 Å². The summed E-state index contributed by atoms with van der Waals surface area (Å²) in [6.07, 6.45) is 2.99. The van der Waals surface area contributed by atoms with Crippen molar-refractivity contribution in [3.8, 4) is 5.75 Å². The molecular weight excluding hydrogens is 330 g/mol. The monoisotopic (exact) mass is 355 g/mol. The third kappa shape index (κ3) is 6.18. The predicted molar refractivity (Wildman–Crippen MR) is 90.6 cm³/mol. The van der Waals surface area contributed by atoms with E-state index in [0.29, 0.717) is 31.2 Å². The van der Waals surface area contributed by atoms with Crippen molar-refractivity contribution < 1.29 is 9.53 Å². The molecule has 0 amide bonds. The lowest BCUT2D eigenvalue weighted by Crippen LogP contribution is -2.16. The second kappa shape index (κ2) is 9.21. The van der Waals surface area contributed by atoms with Crippen LogP contribution in [0.2, 0.25) is 0 Å². The maximum Gasteiger partial charge on any atom is 0.137 e. The highest BCUT2D eigenvalue weighted by Gasteiger charge is 2.15. The summed E-state index contributed by atoms with van der Waals surface area (Å²) in [5.41, 5.74) is 6.63. The van der Waals surface area contributed by atoms with Crippen molar-refractivity contribution in [3.63, 3.8) is 0 Å². The first-order valence-electron chi connectivity index (χ1n) is 7.52. The lowest BCUT2D eigenvalue weighted by atomic mass is 9.87. The Balaban J connectivity index is 2.57. The van der Waals surface area contributed by atoms with Gasteiger partial charge in [-0.2, -0.15) is 0 Å². The minimum absolute atomic E-state index is 0.270. The largest absolute Gasteiger partial charge is 0.497 e. The van der Waals surface area contributed by atoms with Gasteiger partial charge in [0.2, 0.25) is 0 Å². The van der Waals surface area contributed by atoms with E-state index in [1.54, 1.807) is 7.11 Å². The Kier molecular flexibility index (Phi) is 7.97. The van der Waals surface area contributed by atoms with Gasteiger partial charge in [0.15, 0.2) is 0 Å². The summed E-state index contributed by atoms with van der Waals surface area (Å²) < 4.78 is 6.16. The molecule has 0 aliphatic carbocycles. The van der Waals surface area contributed by atoms with Crippen molar-refractivity contribution >= 4 is 21.7 Å². The van der Waals surface area contributed by atoms with Gasteiger partial charge in [0, 0.05) is 17.3 Å². The van der Waals surface area contributed by atoms with Crippen LogP contribution in [0.3, 0.4) is 0 Å². The number of Topliss-reactive ketones (excluding diaryl/α,β-unsaturated/α-hetero) is 1. The zero-order valence-corrected chi connectivity index (χ0v) is 14.8. The van der Waals surface area contributed by atoms with Crippen LogP contribution in [0.1, 0.15) is 38.7 Å². The van der Waals surface area contributed by atoms with Crippen molar-refractivity contribution in [1.82, 2.24) is 0 Å². The van der Waals surface area contributed by atoms with Crippen molar-refractivity contribution in [2.24, 2.45) is 17.6 Å². The van der Waals surface area contributed by atoms with Crippen LogP contribution in [-0.4, -0.2) is 19.4 Å². The van der Waals surface area contributed by atoms with Crippen LogP contribution < -0.4 is 10.5 Å². The summed E-state index contributed by atoms with van der Waals surface area (Å²) in [5.74, 6) is 2.16. The number of benzene rings is 1. The summed E-state index contributed by atoms with van der Waals surface area (Å²) in [7, 11) is 1.63. The molecule has 1 aromatic carbocycles. The van der Waals surface area contributed by atoms with Gasteiger partial charge in [-0.05, 0) is 55.0 Å². The average Bonchev–Trinajstić information content (AvgIpc) is 2.45. The molecule has 0 saturated carbocycles. The summed E-state index contributed by atoms with van der Waals surface area (Å²) in [6.45, 7) is 5.09. The molecule has 0 aliphatic heterocycles. The Hall–Kier alpha value is -0.870. The van der Waals surface area contributed by atoms with Crippen molar-refractivity contribution in [2.45, 2.75) is 39.5 Å². The lowest BCUT2D eigenvalue weighted by Gasteiger charge is -2.19. The highest BCUT2D eigenvalue weighted by Crippen LogP contribution is 2.25. The predicted octanol–water partition coefficient (Wildman–Crippen LogP) is 3.97. The van der Waals surface area contributed by atoms with Crippen LogP contribution in [0.15, 0.2) is 22.7 Å². The molecular formula is C17H26BrNO2. The first-order chi connectivity index (χ1) is 9.97. The first kappa shape index (κ1) is 18.2. The number of ketones is 1. The Morgan fingerprint density at radius 3 is 2.62 bits per heavy atom. The molecule has 1 rings (SSSR count). The number of hydrogen-bond donors (Lipinski definition) is 1. The molecule has 4 heteroatoms. The number of carbonyl (C=O) groups is 1. The molecule has 2 N–H and O–H groups in total. The number of carbonyl (C=O) groups excluding carboxylic acids is 1. The van der Waals surface area contributed by atoms with Crippen molar-refractivity contribution in [2.75, 3.05) is 13.7 Å². The van der Waals surface area contributed by atoms with E-state index >= 15 is 0 Å². The third-order valence-corrected chi connectivity index (χ3v) is 4.69. The molecule has 0 bridgehead atoms. The standard InChI is InChI=1S/C17H26BrNO2/c1-12(2)13(8-9-19)4-5-15(20)10-14-11-16(21-3)6-7-17(14)18/h6-7,11-13H,4-5,8-10,19H2,1-3H3. The number of rotatable bonds is 9. The molecule has 0 aliphatic rings. The van der Waals surface area contributed by atoms with Crippen molar-refractivity contribution in [1.29, 1.82) is 0 Å². The van der Waals surface area contributed by atoms with Crippen LogP contribution >= 0.6 is 15.9 Å². The van der Waals surface area contributed by atoms with Crippen LogP contribution in [0, 0.1) is 11.8 Å². The van der Waals surface area contributed by atoms with Gasteiger partial charge < -0.3 is 10.5 Å². The van der Waals surface area contributed by atoms with Crippen molar-refractivity contribution in [3.05, 3.63) is 28.2 Å². The zero-order valence-electron chi connectivity index (χ0n) is 13.2. The maximum absolute atomic E-state index is 12.2. The molecule has 1 aromatic rings. The van der Waals surface area contributed by atoms with E-state index in [2.05, 4.69) is 29.8 Å². The number of hydrogen-bond acceptors (Lipinski definition) is 3. The number of nitrogens with two attached hydrogens (primary N) is 1. The van der Waals surface area contributed by atoms with E-state index < -0.39 is 0 Å². The SMILES string of the molecule is COc1ccc(Br)c(CC(=O)CCC(CCN)C(C)C)c1. The van der Waals surface area contributed by atoms with E-state index in [9.17, 15) is 4.79 Å². The van der Waals surface area contributed by atoms with E-state index in [0.717, 1.165) is 28.6 Å². The van der Waals surface area contributed by atoms with Gasteiger partial charge in [-0.15, -0.1) is 0 Å². The Morgan fingerprint density at radius 2 is 2.05 bits per heavy atom. The number of methoxy groups -OCH3 is 1. The van der Waals surface area contributed by atoms with E-state index in [1.165, 1.54) is 0 Å². The minimum atomic E-state index is 0.270.